The number of methoxy groups -OCH3 is 1. The SMILES string of the molecule is COC(=O)N[C@@H]1CC[C@@H](n2c(=O)n(C)c3cnc4[nH]c(-c5ccc(C(=O)NCCOCC(=O)Nc6cccc7c6CN(C6CCC(=O)NC6=O)C7=O)c(F)c5)c(-c5ccc6c(cnn6C(C)C)c5)c4c32)C1. The summed E-state index contributed by atoms with van der Waals surface area (Å²) in [7, 11) is 3.00. The largest absolute Gasteiger partial charge is 0.453 e. The molecule has 5 N–H and O–H groups in total. The van der Waals surface area contributed by atoms with E-state index in [0.29, 0.717) is 75.0 Å². The lowest BCUT2D eigenvalue weighted by Crippen LogP contribution is -2.52. The Balaban J connectivity index is 0.868. The molecule has 4 aromatic heterocycles. The monoisotopic (exact) mass is 967 g/mol. The minimum Gasteiger partial charge on any atom is -0.453 e. The molecule has 366 valence electrons. The van der Waals surface area contributed by atoms with E-state index in [0.717, 1.165) is 16.5 Å². The third-order valence-corrected chi connectivity index (χ3v) is 13.6. The van der Waals surface area contributed by atoms with Crippen molar-refractivity contribution in [2.45, 2.75) is 76.7 Å². The molecule has 1 saturated carbocycles. The number of aryl methyl sites for hydroxylation is 1. The summed E-state index contributed by atoms with van der Waals surface area (Å²) < 4.78 is 31.9. The average Bonchev–Trinajstić information content (AvgIpc) is 4.18. The maximum Gasteiger partial charge on any atom is 0.407 e. The molecule has 10 rings (SSSR count). The summed E-state index contributed by atoms with van der Waals surface area (Å²) in [6, 6.07) is 13.9. The molecule has 7 aromatic rings. The zero-order valence-electron chi connectivity index (χ0n) is 39.3. The van der Waals surface area contributed by atoms with Crippen molar-refractivity contribution in [1.82, 2.24) is 49.7 Å². The number of nitrogens with zero attached hydrogens (tertiary/aromatic N) is 6. The number of piperidine rings is 1. The van der Waals surface area contributed by atoms with Crippen LogP contribution in [-0.4, -0.2) is 108 Å². The number of nitrogens with one attached hydrogen (secondary N) is 5. The molecule has 2 aliphatic heterocycles. The summed E-state index contributed by atoms with van der Waals surface area (Å²) in [6.45, 7) is 3.65. The zero-order chi connectivity index (χ0) is 49.8. The van der Waals surface area contributed by atoms with Crippen molar-refractivity contribution in [2.24, 2.45) is 7.05 Å². The van der Waals surface area contributed by atoms with Gasteiger partial charge in [0, 0.05) is 78.0 Å². The van der Waals surface area contributed by atoms with Gasteiger partial charge in [-0.25, -0.2) is 19.0 Å². The van der Waals surface area contributed by atoms with Crippen LogP contribution in [0.5, 0.6) is 0 Å². The molecule has 1 aliphatic carbocycles. The fraction of sp³-hybridized carbons (Fsp3) is 0.340. The number of fused-ring (bicyclic) bond motifs is 5. The smallest absolute Gasteiger partial charge is 0.407 e. The van der Waals surface area contributed by atoms with Crippen LogP contribution in [-0.2, 0) is 37.4 Å². The Hall–Kier alpha value is -8.20. The van der Waals surface area contributed by atoms with Gasteiger partial charge >= 0.3 is 11.8 Å². The highest BCUT2D eigenvalue weighted by atomic mass is 19.1. The number of hydrogen-bond donors (Lipinski definition) is 5. The molecule has 6 amide bonds. The van der Waals surface area contributed by atoms with Gasteiger partial charge in [-0.1, -0.05) is 18.2 Å². The van der Waals surface area contributed by atoms with E-state index >= 15 is 4.39 Å². The van der Waals surface area contributed by atoms with Crippen LogP contribution in [0.2, 0.25) is 0 Å². The summed E-state index contributed by atoms with van der Waals surface area (Å²) in [5.41, 5.74) is 5.73. The van der Waals surface area contributed by atoms with Crippen molar-refractivity contribution < 1.29 is 42.6 Å². The number of ether oxygens (including phenoxy) is 2. The Kier molecular flexibility index (Phi) is 12.2. The number of anilines is 1. The lowest BCUT2D eigenvalue weighted by Gasteiger charge is -2.29. The number of alkyl carbamates (subject to hydrolysis) is 1. The van der Waals surface area contributed by atoms with Gasteiger partial charge in [-0.3, -0.25) is 43.1 Å². The van der Waals surface area contributed by atoms with Gasteiger partial charge in [-0.2, -0.15) is 5.10 Å². The number of amides is 6. The van der Waals surface area contributed by atoms with Crippen LogP contribution in [0.3, 0.4) is 0 Å². The van der Waals surface area contributed by atoms with E-state index in [1.165, 1.54) is 24.1 Å². The number of pyridine rings is 1. The molecule has 20 nitrogen and oxygen atoms in total. The van der Waals surface area contributed by atoms with Crippen LogP contribution >= 0.6 is 0 Å². The van der Waals surface area contributed by atoms with Crippen molar-refractivity contribution in [3.63, 3.8) is 0 Å². The first-order chi connectivity index (χ1) is 34.2. The minimum absolute atomic E-state index is 0.0492. The van der Waals surface area contributed by atoms with E-state index in [9.17, 15) is 33.6 Å². The van der Waals surface area contributed by atoms with Gasteiger partial charge in [-0.05, 0) is 81.5 Å². The molecule has 21 heteroatoms. The predicted molar refractivity (Wildman–Crippen MR) is 258 cm³/mol. The van der Waals surface area contributed by atoms with Crippen LogP contribution in [0.15, 0.2) is 71.8 Å². The molecule has 3 atom stereocenters. The number of imide groups is 1. The number of carbonyl (C=O) groups excluding carboxylic acids is 6. The Bertz CT molecular complexity index is 3430. The fourth-order valence-corrected chi connectivity index (χ4v) is 10.2. The van der Waals surface area contributed by atoms with Gasteiger partial charge in [0.25, 0.3) is 11.8 Å². The maximum atomic E-state index is 16.2. The lowest BCUT2D eigenvalue weighted by atomic mass is 9.96. The Morgan fingerprint density at radius 3 is 2.56 bits per heavy atom. The highest BCUT2D eigenvalue weighted by molar-refractivity contribution is 6.15. The lowest BCUT2D eigenvalue weighted by molar-refractivity contribution is -0.137. The highest BCUT2D eigenvalue weighted by Crippen LogP contribution is 2.44. The maximum absolute atomic E-state index is 16.2. The van der Waals surface area contributed by atoms with Crippen molar-refractivity contribution in [2.75, 3.05) is 32.2 Å². The average molecular weight is 968 g/mol. The van der Waals surface area contributed by atoms with E-state index in [2.05, 4.69) is 31.3 Å². The number of aromatic amines is 1. The van der Waals surface area contributed by atoms with E-state index in [-0.39, 0.29) is 74.4 Å². The third-order valence-electron chi connectivity index (χ3n) is 13.6. The van der Waals surface area contributed by atoms with Gasteiger partial charge in [-0.15, -0.1) is 0 Å². The molecule has 0 bridgehead atoms. The molecule has 71 heavy (non-hydrogen) atoms. The summed E-state index contributed by atoms with van der Waals surface area (Å²) in [5.74, 6) is -3.33. The Morgan fingerprint density at radius 2 is 1.79 bits per heavy atom. The van der Waals surface area contributed by atoms with Crippen LogP contribution in [0.25, 0.3) is 55.4 Å². The van der Waals surface area contributed by atoms with Crippen molar-refractivity contribution in [3.05, 3.63) is 100.0 Å². The quantitative estimate of drug-likeness (QED) is 0.0741. The summed E-state index contributed by atoms with van der Waals surface area (Å²) in [5, 5.41) is 16.7. The van der Waals surface area contributed by atoms with Gasteiger partial charge in [0.05, 0.1) is 59.3 Å². The standard InChI is InChI=1S/C50H50FN11O9/c1-25(2)62-36-13-9-26(18-28(36)21-54-62)41-42-44-38(59(3)50(69)61(44)30-11-10-29(20-30)55-49(68)70-4)22-53-45(42)58-43(41)27-8-12-32(34(51)19-27)46(65)52-16-17-71-24-40(64)56-35-7-5-6-31-33(35)23-60(48(31)67)37-14-15-39(63)57-47(37)66/h5-9,12-13,18-19,21-22,25,29-30,37H,10-11,14-17,20,23-24H2,1-4H3,(H,52,65)(H,53,58)(H,55,68)(H,56,64)(H,57,63,66)/t29-,30-,37?/m1/s1. The van der Waals surface area contributed by atoms with Crippen LogP contribution in [0.1, 0.15) is 84.3 Å². The van der Waals surface area contributed by atoms with Gasteiger partial charge in [0.2, 0.25) is 17.7 Å². The summed E-state index contributed by atoms with van der Waals surface area (Å²) in [4.78, 5) is 99.5. The van der Waals surface area contributed by atoms with Gasteiger partial charge in [0.15, 0.2) is 0 Å². The van der Waals surface area contributed by atoms with Crippen molar-refractivity contribution in [3.8, 4) is 22.4 Å². The number of rotatable bonds is 13. The molecule has 0 radical (unpaired) electrons. The predicted octanol–water partition coefficient (Wildman–Crippen LogP) is 5.22. The van der Waals surface area contributed by atoms with Crippen LogP contribution in [0, 0.1) is 5.82 Å². The molecule has 3 aliphatic rings. The second kappa shape index (κ2) is 18.6. The first kappa shape index (κ1) is 46.5. The number of carbonyl (C=O) groups is 6. The van der Waals surface area contributed by atoms with Crippen molar-refractivity contribution in [1.29, 1.82) is 0 Å². The van der Waals surface area contributed by atoms with Crippen LogP contribution < -0.4 is 27.0 Å². The fourth-order valence-electron chi connectivity index (χ4n) is 10.2. The van der Waals surface area contributed by atoms with Gasteiger partial charge in [0.1, 0.15) is 24.1 Å². The third kappa shape index (κ3) is 8.44. The molecule has 1 unspecified atom stereocenters. The molecule has 3 aromatic carbocycles. The molecule has 1 saturated heterocycles. The normalized spacial score (nSPS) is 17.9. The van der Waals surface area contributed by atoms with E-state index < -0.39 is 41.6 Å². The summed E-state index contributed by atoms with van der Waals surface area (Å²) in [6.07, 6.45) is 4.96. The molecular formula is C50H50FN11O9. The van der Waals surface area contributed by atoms with E-state index in [1.807, 2.05) is 36.7 Å². The first-order valence-electron chi connectivity index (χ1n) is 23.4. The number of H-pyrrole nitrogens is 1. The number of benzene rings is 3. The number of imidazole rings is 1. The zero-order valence-corrected chi connectivity index (χ0v) is 39.3. The second-order valence-electron chi connectivity index (χ2n) is 18.3. The Labute approximate surface area is 403 Å². The molecular weight excluding hydrogens is 918 g/mol. The molecule has 0 spiro atoms. The second-order valence-corrected chi connectivity index (χ2v) is 18.3. The first-order valence-corrected chi connectivity index (χ1v) is 23.4. The van der Waals surface area contributed by atoms with Crippen molar-refractivity contribution >= 4 is 74.3 Å². The number of aromatic nitrogens is 6. The number of hydrogen-bond acceptors (Lipinski definition) is 11. The molecule has 2 fully saturated rings. The van der Waals surface area contributed by atoms with E-state index in [4.69, 9.17) is 14.5 Å². The van der Waals surface area contributed by atoms with Crippen LogP contribution in [0.4, 0.5) is 14.9 Å². The van der Waals surface area contributed by atoms with Gasteiger partial charge < -0.3 is 35.3 Å². The number of halogens is 1. The Morgan fingerprint density at radius 1 is 0.972 bits per heavy atom. The highest BCUT2D eigenvalue weighted by Gasteiger charge is 2.40. The molecule has 6 heterocycles. The topological polar surface area (TPSA) is 246 Å². The summed E-state index contributed by atoms with van der Waals surface area (Å²) >= 11 is 0. The minimum atomic E-state index is -0.805. The van der Waals surface area contributed by atoms with E-state index in [1.54, 1.807) is 52.8 Å².